The molecule has 1 aromatic heterocycles. The smallest absolute Gasteiger partial charge is 0.270 e. The van der Waals surface area contributed by atoms with Crippen molar-refractivity contribution in [3.63, 3.8) is 0 Å². The van der Waals surface area contributed by atoms with Gasteiger partial charge < -0.3 is 10.1 Å². The van der Waals surface area contributed by atoms with Crippen molar-refractivity contribution in [2.24, 2.45) is 0 Å². The quantitative estimate of drug-likeness (QED) is 0.591. The van der Waals surface area contributed by atoms with E-state index in [-0.39, 0.29) is 5.91 Å². The molecule has 0 saturated carbocycles. The minimum Gasteiger partial charge on any atom is -0.497 e. The second kappa shape index (κ2) is 9.50. The molecule has 4 heteroatoms. The first-order chi connectivity index (χ1) is 11.7. The first-order valence-electron chi connectivity index (χ1n) is 8.20. The topological polar surface area (TPSA) is 51.2 Å². The fourth-order valence-corrected chi connectivity index (χ4v) is 2.47. The summed E-state index contributed by atoms with van der Waals surface area (Å²) >= 11 is 0. The van der Waals surface area contributed by atoms with Gasteiger partial charge in [0.15, 0.2) is 0 Å². The SMILES string of the molecule is C/C=C/CCCc1cc(OC)ccc1CNC(=O)c1ccccn1. The monoisotopic (exact) mass is 324 g/mol. The lowest BCUT2D eigenvalue weighted by molar-refractivity contribution is 0.0946. The van der Waals surface area contributed by atoms with Crippen LogP contribution in [0.15, 0.2) is 54.7 Å². The predicted octanol–water partition coefficient (Wildman–Crippen LogP) is 3.92. The number of carbonyl (C=O) groups excluding carboxylic acids is 1. The molecule has 2 aromatic rings. The standard InChI is InChI=1S/C20H24N2O2/c1-3-4-5-6-9-16-14-18(24-2)12-11-17(16)15-22-20(23)19-10-7-8-13-21-19/h3-4,7-8,10-14H,5-6,9,15H2,1-2H3,(H,22,23)/b4-3+. The van der Waals surface area contributed by atoms with Gasteiger partial charge in [0.05, 0.1) is 7.11 Å². The summed E-state index contributed by atoms with van der Waals surface area (Å²) in [4.78, 5) is 16.2. The number of rotatable bonds is 8. The molecule has 0 bridgehead atoms. The zero-order valence-electron chi connectivity index (χ0n) is 14.3. The van der Waals surface area contributed by atoms with E-state index in [2.05, 4.69) is 28.5 Å². The molecule has 0 saturated heterocycles. The second-order valence-corrected chi connectivity index (χ2v) is 5.49. The summed E-state index contributed by atoms with van der Waals surface area (Å²) in [5, 5.41) is 2.94. The molecule has 0 spiro atoms. The summed E-state index contributed by atoms with van der Waals surface area (Å²) in [6.07, 6.45) is 8.93. The number of ether oxygens (including phenoxy) is 1. The Morgan fingerprint density at radius 1 is 1.25 bits per heavy atom. The lowest BCUT2D eigenvalue weighted by atomic mass is 10.0. The molecule has 2 rings (SSSR count). The van der Waals surface area contributed by atoms with Crippen LogP contribution in [0.1, 0.15) is 41.4 Å². The number of benzene rings is 1. The van der Waals surface area contributed by atoms with Gasteiger partial charge >= 0.3 is 0 Å². The van der Waals surface area contributed by atoms with Crippen molar-refractivity contribution in [1.82, 2.24) is 10.3 Å². The Labute approximate surface area is 143 Å². The molecule has 0 atom stereocenters. The Hall–Kier alpha value is -2.62. The summed E-state index contributed by atoms with van der Waals surface area (Å²) in [7, 11) is 1.67. The van der Waals surface area contributed by atoms with E-state index in [4.69, 9.17) is 4.74 Å². The lowest BCUT2D eigenvalue weighted by Gasteiger charge is -2.12. The number of methoxy groups -OCH3 is 1. The maximum absolute atomic E-state index is 12.1. The third kappa shape index (κ3) is 5.23. The fourth-order valence-electron chi connectivity index (χ4n) is 2.47. The number of amides is 1. The van der Waals surface area contributed by atoms with Crippen LogP contribution in [0.4, 0.5) is 0 Å². The molecule has 1 heterocycles. The van der Waals surface area contributed by atoms with E-state index < -0.39 is 0 Å². The first-order valence-corrected chi connectivity index (χ1v) is 8.20. The van der Waals surface area contributed by atoms with Crippen molar-refractivity contribution in [1.29, 1.82) is 0 Å². The highest BCUT2D eigenvalue weighted by molar-refractivity contribution is 5.92. The molecular weight excluding hydrogens is 300 g/mol. The minimum absolute atomic E-state index is 0.161. The molecular formula is C20H24N2O2. The zero-order valence-corrected chi connectivity index (χ0v) is 14.3. The van der Waals surface area contributed by atoms with E-state index in [1.54, 1.807) is 25.4 Å². The average molecular weight is 324 g/mol. The van der Waals surface area contributed by atoms with Gasteiger partial charge in [0.1, 0.15) is 11.4 Å². The maximum Gasteiger partial charge on any atom is 0.270 e. The number of allylic oxidation sites excluding steroid dienone is 2. The molecule has 0 aliphatic carbocycles. The van der Waals surface area contributed by atoms with E-state index >= 15 is 0 Å². The van der Waals surface area contributed by atoms with Gasteiger partial charge in [0.2, 0.25) is 0 Å². The molecule has 126 valence electrons. The van der Waals surface area contributed by atoms with Gasteiger partial charge in [0.25, 0.3) is 5.91 Å². The highest BCUT2D eigenvalue weighted by Gasteiger charge is 2.09. The number of aryl methyl sites for hydroxylation is 1. The van der Waals surface area contributed by atoms with Crippen LogP contribution in [0.3, 0.4) is 0 Å². The van der Waals surface area contributed by atoms with Crippen molar-refractivity contribution in [2.45, 2.75) is 32.7 Å². The van der Waals surface area contributed by atoms with E-state index in [1.165, 1.54) is 5.56 Å². The fraction of sp³-hybridized carbons (Fsp3) is 0.300. The number of nitrogens with zero attached hydrogens (tertiary/aromatic N) is 1. The summed E-state index contributed by atoms with van der Waals surface area (Å²) in [5.74, 6) is 0.683. The zero-order chi connectivity index (χ0) is 17.2. The first kappa shape index (κ1) is 17.7. The molecule has 0 fully saturated rings. The van der Waals surface area contributed by atoms with Crippen LogP contribution in [0, 0.1) is 0 Å². The van der Waals surface area contributed by atoms with Crippen LogP contribution in [0.25, 0.3) is 0 Å². The Bertz CT molecular complexity index is 681. The van der Waals surface area contributed by atoms with Crippen LogP contribution in [0.5, 0.6) is 5.75 Å². The van der Waals surface area contributed by atoms with Crippen molar-refractivity contribution in [2.75, 3.05) is 7.11 Å². The summed E-state index contributed by atoms with van der Waals surface area (Å²) in [5.41, 5.74) is 2.75. The van der Waals surface area contributed by atoms with Crippen molar-refractivity contribution in [3.8, 4) is 5.75 Å². The van der Waals surface area contributed by atoms with Gasteiger partial charge in [-0.3, -0.25) is 9.78 Å². The van der Waals surface area contributed by atoms with E-state index in [0.29, 0.717) is 12.2 Å². The van der Waals surface area contributed by atoms with Gasteiger partial charge in [-0.25, -0.2) is 0 Å². The molecule has 4 nitrogen and oxygen atoms in total. The third-order valence-electron chi connectivity index (χ3n) is 3.80. The van der Waals surface area contributed by atoms with Gasteiger partial charge in [-0.2, -0.15) is 0 Å². The maximum atomic E-state index is 12.1. The molecule has 0 radical (unpaired) electrons. The van der Waals surface area contributed by atoms with Crippen LogP contribution in [-0.4, -0.2) is 18.0 Å². The summed E-state index contributed by atoms with van der Waals surface area (Å²) in [6, 6.07) is 11.3. The number of carbonyl (C=O) groups is 1. The molecule has 0 unspecified atom stereocenters. The van der Waals surface area contributed by atoms with E-state index in [0.717, 1.165) is 30.6 Å². The van der Waals surface area contributed by atoms with Crippen LogP contribution in [-0.2, 0) is 13.0 Å². The number of pyridine rings is 1. The van der Waals surface area contributed by atoms with Gasteiger partial charge in [-0.15, -0.1) is 0 Å². The average Bonchev–Trinajstić information content (AvgIpc) is 2.64. The normalized spacial score (nSPS) is 10.8. The van der Waals surface area contributed by atoms with Crippen molar-refractivity contribution >= 4 is 5.91 Å². The Balaban J connectivity index is 2.03. The highest BCUT2D eigenvalue weighted by Crippen LogP contribution is 2.20. The van der Waals surface area contributed by atoms with Crippen molar-refractivity contribution in [3.05, 3.63) is 71.6 Å². The number of unbranched alkanes of at least 4 members (excludes halogenated alkanes) is 1. The molecule has 0 aliphatic rings. The van der Waals surface area contributed by atoms with Crippen LogP contribution >= 0.6 is 0 Å². The molecule has 0 aliphatic heterocycles. The molecule has 1 N–H and O–H groups in total. The predicted molar refractivity (Wildman–Crippen MR) is 96.2 cm³/mol. The number of hydrogen-bond donors (Lipinski definition) is 1. The largest absolute Gasteiger partial charge is 0.497 e. The lowest BCUT2D eigenvalue weighted by Crippen LogP contribution is -2.24. The highest BCUT2D eigenvalue weighted by atomic mass is 16.5. The van der Waals surface area contributed by atoms with Gasteiger partial charge in [-0.05, 0) is 61.6 Å². The third-order valence-corrected chi connectivity index (χ3v) is 3.80. The molecule has 1 aromatic carbocycles. The van der Waals surface area contributed by atoms with Crippen LogP contribution < -0.4 is 10.1 Å². The van der Waals surface area contributed by atoms with Gasteiger partial charge in [0, 0.05) is 12.7 Å². The Morgan fingerprint density at radius 2 is 2.12 bits per heavy atom. The van der Waals surface area contributed by atoms with E-state index in [9.17, 15) is 4.79 Å². The summed E-state index contributed by atoms with van der Waals surface area (Å²) in [6.45, 7) is 2.52. The number of hydrogen-bond acceptors (Lipinski definition) is 3. The second-order valence-electron chi connectivity index (χ2n) is 5.49. The van der Waals surface area contributed by atoms with Crippen molar-refractivity contribution < 1.29 is 9.53 Å². The number of aromatic nitrogens is 1. The Kier molecular flexibility index (Phi) is 7.02. The molecule has 24 heavy (non-hydrogen) atoms. The van der Waals surface area contributed by atoms with E-state index in [1.807, 2.05) is 25.1 Å². The van der Waals surface area contributed by atoms with Gasteiger partial charge in [-0.1, -0.05) is 24.3 Å². The number of nitrogens with one attached hydrogen (secondary N) is 1. The van der Waals surface area contributed by atoms with Crippen LogP contribution in [0.2, 0.25) is 0 Å². The Morgan fingerprint density at radius 3 is 2.83 bits per heavy atom. The molecule has 1 amide bonds. The summed E-state index contributed by atoms with van der Waals surface area (Å²) < 4.78 is 5.32. The minimum atomic E-state index is -0.161.